The van der Waals surface area contributed by atoms with Crippen molar-refractivity contribution in [1.82, 2.24) is 4.98 Å². The molecule has 2 N–H and O–H groups in total. The molecule has 3 rings (SSSR count). The molecule has 0 saturated heterocycles. The zero-order chi connectivity index (χ0) is 17.8. The second-order valence-electron chi connectivity index (χ2n) is 5.17. The summed E-state index contributed by atoms with van der Waals surface area (Å²) < 4.78 is 7.42. The van der Waals surface area contributed by atoms with Crippen LogP contribution in [0.25, 0.3) is 10.2 Å². The molecule has 0 aliphatic heterocycles. The van der Waals surface area contributed by atoms with Crippen LogP contribution in [0.3, 0.4) is 0 Å². The molecule has 8 heteroatoms. The van der Waals surface area contributed by atoms with Crippen LogP contribution in [0.4, 0.5) is 10.8 Å². The predicted octanol–water partition coefficient (Wildman–Crippen LogP) is 3.88. The zero-order valence-corrected chi connectivity index (χ0v) is 16.2. The highest BCUT2D eigenvalue weighted by Gasteiger charge is 2.09. The third-order valence-electron chi connectivity index (χ3n) is 3.14. The van der Waals surface area contributed by atoms with E-state index in [0.29, 0.717) is 16.6 Å². The van der Waals surface area contributed by atoms with E-state index in [2.05, 4.69) is 38.2 Å². The Hall–Kier alpha value is -2.20. The molecule has 25 heavy (non-hydrogen) atoms. The molecular formula is C17H14IN3O3S. The van der Waals surface area contributed by atoms with E-state index in [-0.39, 0.29) is 18.4 Å². The van der Waals surface area contributed by atoms with Crippen molar-refractivity contribution in [2.75, 3.05) is 17.2 Å². The first-order valence-corrected chi connectivity index (χ1v) is 9.25. The third kappa shape index (κ3) is 4.89. The smallest absolute Gasteiger partial charge is 0.264 e. The molecule has 0 bridgehead atoms. The Morgan fingerprint density at radius 3 is 2.64 bits per heavy atom. The van der Waals surface area contributed by atoms with Crippen molar-refractivity contribution in [3.05, 3.63) is 46.0 Å². The zero-order valence-electron chi connectivity index (χ0n) is 13.2. The molecular weight excluding hydrogens is 453 g/mol. The fraction of sp³-hybridized carbons (Fsp3) is 0.118. The van der Waals surface area contributed by atoms with Gasteiger partial charge in [-0.3, -0.25) is 14.9 Å². The molecule has 0 saturated carbocycles. The Bertz CT molecular complexity index is 925. The molecule has 0 unspecified atom stereocenters. The lowest BCUT2D eigenvalue weighted by molar-refractivity contribution is -0.118. The summed E-state index contributed by atoms with van der Waals surface area (Å²) in [5, 5.41) is 5.94. The largest absolute Gasteiger partial charge is 0.484 e. The summed E-state index contributed by atoms with van der Waals surface area (Å²) in [4.78, 5) is 27.5. The first kappa shape index (κ1) is 17.6. The van der Waals surface area contributed by atoms with Crippen LogP contribution in [0.1, 0.15) is 6.92 Å². The first-order valence-electron chi connectivity index (χ1n) is 7.36. The molecule has 3 aromatic rings. The topological polar surface area (TPSA) is 80.3 Å². The normalized spacial score (nSPS) is 10.5. The number of carbonyl (C=O) groups excluding carboxylic acids is 2. The number of carbonyl (C=O) groups is 2. The van der Waals surface area contributed by atoms with Gasteiger partial charge in [-0.15, -0.1) is 0 Å². The summed E-state index contributed by atoms with van der Waals surface area (Å²) in [6, 6.07) is 12.9. The SMILES string of the molecule is CC(=O)Nc1ccc2nc(NC(=O)COc3ccc(I)cc3)sc2c1. The van der Waals surface area contributed by atoms with E-state index >= 15 is 0 Å². The number of hydrogen-bond donors (Lipinski definition) is 2. The summed E-state index contributed by atoms with van der Waals surface area (Å²) >= 11 is 3.54. The van der Waals surface area contributed by atoms with Gasteiger partial charge in [-0.05, 0) is 65.1 Å². The van der Waals surface area contributed by atoms with E-state index in [4.69, 9.17) is 4.74 Å². The molecule has 0 atom stereocenters. The number of thiazole rings is 1. The van der Waals surface area contributed by atoms with Crippen molar-refractivity contribution in [1.29, 1.82) is 0 Å². The highest BCUT2D eigenvalue weighted by molar-refractivity contribution is 14.1. The maximum Gasteiger partial charge on any atom is 0.264 e. The van der Waals surface area contributed by atoms with Crippen molar-refractivity contribution in [2.45, 2.75) is 6.92 Å². The third-order valence-corrected chi connectivity index (χ3v) is 4.79. The van der Waals surface area contributed by atoms with Crippen LogP contribution < -0.4 is 15.4 Å². The second kappa shape index (κ2) is 7.79. The first-order chi connectivity index (χ1) is 12.0. The molecule has 6 nitrogen and oxygen atoms in total. The average Bonchev–Trinajstić information content (AvgIpc) is 2.95. The molecule has 0 fully saturated rings. The summed E-state index contributed by atoms with van der Waals surface area (Å²) in [5.41, 5.74) is 1.46. The highest BCUT2D eigenvalue weighted by atomic mass is 127. The molecule has 0 aliphatic carbocycles. The Labute approximate surface area is 161 Å². The van der Waals surface area contributed by atoms with E-state index in [9.17, 15) is 9.59 Å². The Kier molecular flexibility index (Phi) is 5.49. The minimum absolute atomic E-state index is 0.0896. The van der Waals surface area contributed by atoms with E-state index in [0.717, 1.165) is 13.8 Å². The van der Waals surface area contributed by atoms with Crippen LogP contribution in [-0.2, 0) is 9.59 Å². The van der Waals surface area contributed by atoms with Crippen LogP contribution in [0.5, 0.6) is 5.75 Å². The second-order valence-corrected chi connectivity index (χ2v) is 7.45. The van der Waals surface area contributed by atoms with Gasteiger partial charge in [0, 0.05) is 16.2 Å². The fourth-order valence-corrected chi connectivity index (χ4v) is 3.38. The van der Waals surface area contributed by atoms with Crippen molar-refractivity contribution >= 4 is 66.8 Å². The maximum atomic E-state index is 12.0. The number of benzene rings is 2. The number of hydrogen-bond acceptors (Lipinski definition) is 5. The molecule has 0 spiro atoms. The van der Waals surface area contributed by atoms with Gasteiger partial charge in [0.05, 0.1) is 10.2 Å². The Balaban J connectivity index is 1.62. The van der Waals surface area contributed by atoms with Gasteiger partial charge >= 0.3 is 0 Å². The Morgan fingerprint density at radius 1 is 1.16 bits per heavy atom. The van der Waals surface area contributed by atoms with Crippen LogP contribution in [0, 0.1) is 3.57 Å². The fourth-order valence-electron chi connectivity index (χ4n) is 2.09. The lowest BCUT2D eigenvalue weighted by Crippen LogP contribution is -2.19. The standard InChI is InChI=1S/C17H14IN3O3S/c1-10(22)19-12-4-7-14-15(8-12)25-17(20-14)21-16(23)9-24-13-5-2-11(18)3-6-13/h2-8H,9H2,1H3,(H,19,22)(H,20,21,23). The van der Waals surface area contributed by atoms with Gasteiger partial charge in [0.15, 0.2) is 11.7 Å². The van der Waals surface area contributed by atoms with Crippen molar-refractivity contribution in [2.24, 2.45) is 0 Å². The molecule has 0 radical (unpaired) electrons. The highest BCUT2D eigenvalue weighted by Crippen LogP contribution is 2.28. The van der Waals surface area contributed by atoms with Gasteiger partial charge in [-0.25, -0.2) is 4.98 Å². The van der Waals surface area contributed by atoms with Gasteiger partial charge in [0.1, 0.15) is 5.75 Å². The van der Waals surface area contributed by atoms with Crippen LogP contribution >= 0.6 is 33.9 Å². The van der Waals surface area contributed by atoms with Gasteiger partial charge in [0.25, 0.3) is 5.91 Å². The molecule has 2 aromatic carbocycles. The summed E-state index contributed by atoms with van der Waals surface area (Å²) in [5.74, 6) is 0.227. The molecule has 1 aromatic heterocycles. The van der Waals surface area contributed by atoms with E-state index in [1.54, 1.807) is 12.1 Å². The summed E-state index contributed by atoms with van der Waals surface area (Å²) in [7, 11) is 0. The van der Waals surface area contributed by atoms with Gasteiger partial charge in [-0.2, -0.15) is 0 Å². The number of fused-ring (bicyclic) bond motifs is 1. The van der Waals surface area contributed by atoms with Crippen LogP contribution in [-0.4, -0.2) is 23.4 Å². The van der Waals surface area contributed by atoms with E-state index in [1.165, 1.54) is 18.3 Å². The monoisotopic (exact) mass is 467 g/mol. The average molecular weight is 467 g/mol. The van der Waals surface area contributed by atoms with Gasteiger partial charge < -0.3 is 10.1 Å². The number of anilines is 2. The van der Waals surface area contributed by atoms with Crippen LogP contribution in [0.15, 0.2) is 42.5 Å². The van der Waals surface area contributed by atoms with Crippen molar-refractivity contribution in [3.8, 4) is 5.75 Å². The number of ether oxygens (including phenoxy) is 1. The van der Waals surface area contributed by atoms with Crippen LogP contribution in [0.2, 0.25) is 0 Å². The number of amides is 2. The molecule has 1 heterocycles. The quantitative estimate of drug-likeness (QED) is 0.559. The van der Waals surface area contributed by atoms with Gasteiger partial charge in [-0.1, -0.05) is 11.3 Å². The molecule has 128 valence electrons. The lowest BCUT2D eigenvalue weighted by atomic mass is 10.3. The van der Waals surface area contributed by atoms with Crippen molar-refractivity contribution in [3.63, 3.8) is 0 Å². The molecule has 0 aliphatic rings. The number of nitrogens with zero attached hydrogens (tertiary/aromatic N) is 1. The maximum absolute atomic E-state index is 12.0. The number of halogens is 1. The van der Waals surface area contributed by atoms with Gasteiger partial charge in [0.2, 0.25) is 5.91 Å². The van der Waals surface area contributed by atoms with E-state index in [1.807, 2.05) is 30.3 Å². The number of rotatable bonds is 5. The van der Waals surface area contributed by atoms with Crippen molar-refractivity contribution < 1.29 is 14.3 Å². The van der Waals surface area contributed by atoms with E-state index < -0.39 is 0 Å². The number of nitrogens with one attached hydrogen (secondary N) is 2. The lowest BCUT2D eigenvalue weighted by Gasteiger charge is -2.05. The molecule has 2 amide bonds. The summed E-state index contributed by atoms with van der Waals surface area (Å²) in [6.45, 7) is 1.36. The Morgan fingerprint density at radius 2 is 1.92 bits per heavy atom. The minimum atomic E-state index is -0.278. The minimum Gasteiger partial charge on any atom is -0.484 e. The summed E-state index contributed by atoms with van der Waals surface area (Å²) in [6.07, 6.45) is 0. The predicted molar refractivity (Wildman–Crippen MR) is 107 cm³/mol. The number of aromatic nitrogens is 1.